The predicted molar refractivity (Wildman–Crippen MR) is 127 cm³/mol. The van der Waals surface area contributed by atoms with Gasteiger partial charge in [-0.15, -0.1) is 24.0 Å². The molecule has 0 radical (unpaired) electrons. The summed E-state index contributed by atoms with van der Waals surface area (Å²) in [4.78, 5) is 4.12. The first kappa shape index (κ1) is 24.4. The number of aryl methyl sites for hydroxylation is 1. The third-order valence-electron chi connectivity index (χ3n) is 4.00. The summed E-state index contributed by atoms with van der Waals surface area (Å²) < 4.78 is 26.8. The molecule has 2 rings (SSSR count). The second-order valence-electron chi connectivity index (χ2n) is 6.14. The van der Waals surface area contributed by atoms with Crippen LogP contribution in [0, 0.1) is 0 Å². The molecule has 154 valence electrons. The largest absolute Gasteiger partial charge is 0.356 e. The average Bonchev–Trinajstić information content (AvgIpc) is 2.70. The highest BCUT2D eigenvalue weighted by molar-refractivity contribution is 14.0. The molecule has 3 N–H and O–H groups in total. The topological polar surface area (TPSA) is 82.6 Å². The van der Waals surface area contributed by atoms with E-state index in [1.165, 1.54) is 5.56 Å². The fourth-order valence-electron chi connectivity index (χ4n) is 2.53. The van der Waals surface area contributed by atoms with Crippen molar-refractivity contribution in [3.05, 3.63) is 71.8 Å². The van der Waals surface area contributed by atoms with E-state index in [2.05, 4.69) is 32.5 Å². The van der Waals surface area contributed by atoms with Crippen LogP contribution in [-0.2, 0) is 23.0 Å². The van der Waals surface area contributed by atoms with Gasteiger partial charge in [0.05, 0.1) is 5.75 Å². The van der Waals surface area contributed by atoms with Crippen molar-refractivity contribution in [2.75, 3.05) is 25.9 Å². The maximum absolute atomic E-state index is 12.1. The molecule has 0 aromatic heterocycles. The first-order valence-corrected chi connectivity index (χ1v) is 10.7. The number of nitrogens with one attached hydrogen (secondary N) is 3. The fraction of sp³-hybridized carbons (Fsp3) is 0.350. The summed E-state index contributed by atoms with van der Waals surface area (Å²) in [6.45, 7) is 1.37. The number of hydrogen-bond donors (Lipinski definition) is 3. The maximum Gasteiger partial charge on any atom is 0.213 e. The number of aliphatic imine (C=N–C) groups is 1. The Morgan fingerprint density at radius 2 is 1.46 bits per heavy atom. The zero-order valence-corrected chi connectivity index (χ0v) is 19.2. The number of guanidine groups is 1. The third-order valence-corrected chi connectivity index (χ3v) is 5.33. The van der Waals surface area contributed by atoms with Gasteiger partial charge in [-0.1, -0.05) is 60.7 Å². The first-order valence-electron chi connectivity index (χ1n) is 9.09. The van der Waals surface area contributed by atoms with Gasteiger partial charge in [0.25, 0.3) is 0 Å². The smallest absolute Gasteiger partial charge is 0.213 e. The van der Waals surface area contributed by atoms with Gasteiger partial charge in [0.15, 0.2) is 5.96 Å². The van der Waals surface area contributed by atoms with Crippen LogP contribution in [0.3, 0.4) is 0 Å². The van der Waals surface area contributed by atoms with Gasteiger partial charge < -0.3 is 10.6 Å². The lowest BCUT2D eigenvalue weighted by Gasteiger charge is -2.12. The van der Waals surface area contributed by atoms with Crippen molar-refractivity contribution in [3.8, 4) is 0 Å². The van der Waals surface area contributed by atoms with Crippen molar-refractivity contribution in [1.82, 2.24) is 15.4 Å². The lowest BCUT2D eigenvalue weighted by atomic mass is 10.1. The number of rotatable bonds is 10. The summed E-state index contributed by atoms with van der Waals surface area (Å²) in [6, 6.07) is 19.8. The normalized spacial score (nSPS) is 11.5. The number of sulfonamides is 1. The van der Waals surface area contributed by atoms with Crippen molar-refractivity contribution in [2.24, 2.45) is 4.99 Å². The Bertz CT molecular complexity index is 799. The maximum atomic E-state index is 12.1. The predicted octanol–water partition coefficient (Wildman–Crippen LogP) is 2.52. The molecule has 2 aromatic carbocycles. The van der Waals surface area contributed by atoms with Gasteiger partial charge in [0.2, 0.25) is 10.0 Å². The van der Waals surface area contributed by atoms with Crippen LogP contribution in [0.2, 0.25) is 0 Å². The molecule has 8 heteroatoms. The molecule has 0 saturated carbocycles. The van der Waals surface area contributed by atoms with E-state index < -0.39 is 10.0 Å². The fourth-order valence-corrected chi connectivity index (χ4v) is 3.43. The van der Waals surface area contributed by atoms with E-state index in [0.717, 1.165) is 24.9 Å². The van der Waals surface area contributed by atoms with E-state index in [-0.39, 0.29) is 29.7 Å². The monoisotopic (exact) mass is 516 g/mol. The average molecular weight is 516 g/mol. The summed E-state index contributed by atoms with van der Waals surface area (Å²) in [5.74, 6) is 0.603. The molecule has 0 fully saturated rings. The highest BCUT2D eigenvalue weighted by Crippen LogP contribution is 2.01. The molecule has 0 amide bonds. The Morgan fingerprint density at radius 3 is 2.07 bits per heavy atom. The minimum atomic E-state index is -3.34. The molecule has 0 saturated heterocycles. The standard InChI is InChI=1S/C20H28N4O2S.HI/c1-21-20(22-14-8-13-18-9-4-2-5-10-18)23-15-16-27(25,26)24-17-19-11-6-3-7-12-19;/h2-7,9-12,24H,8,13-17H2,1H3,(H2,21,22,23);1H. The third kappa shape index (κ3) is 10.0. The van der Waals surface area contributed by atoms with Crippen molar-refractivity contribution >= 4 is 40.0 Å². The van der Waals surface area contributed by atoms with Crippen LogP contribution in [0.4, 0.5) is 0 Å². The van der Waals surface area contributed by atoms with E-state index in [0.29, 0.717) is 19.0 Å². The highest BCUT2D eigenvalue weighted by atomic mass is 127. The lowest BCUT2D eigenvalue weighted by Crippen LogP contribution is -2.41. The molecule has 0 heterocycles. The van der Waals surface area contributed by atoms with Crippen LogP contribution >= 0.6 is 24.0 Å². The summed E-state index contributed by atoms with van der Waals surface area (Å²) in [5, 5.41) is 6.25. The Labute approximate surface area is 185 Å². The van der Waals surface area contributed by atoms with Crippen LogP contribution in [-0.4, -0.2) is 40.3 Å². The first-order chi connectivity index (χ1) is 13.1. The Morgan fingerprint density at radius 1 is 0.893 bits per heavy atom. The van der Waals surface area contributed by atoms with Gasteiger partial charge in [0, 0.05) is 26.7 Å². The van der Waals surface area contributed by atoms with Crippen molar-refractivity contribution in [1.29, 1.82) is 0 Å². The summed E-state index contributed by atoms with van der Waals surface area (Å²) in [5.41, 5.74) is 2.24. The Kier molecular flexibility index (Phi) is 11.8. The molecule has 2 aromatic rings. The minimum Gasteiger partial charge on any atom is -0.356 e. The zero-order chi connectivity index (χ0) is 19.4. The van der Waals surface area contributed by atoms with Gasteiger partial charge in [-0.3, -0.25) is 4.99 Å². The van der Waals surface area contributed by atoms with Gasteiger partial charge >= 0.3 is 0 Å². The molecule has 0 spiro atoms. The van der Waals surface area contributed by atoms with Gasteiger partial charge in [-0.2, -0.15) is 0 Å². The molecule has 0 aliphatic carbocycles. The second kappa shape index (κ2) is 13.5. The van der Waals surface area contributed by atoms with Crippen LogP contribution in [0.15, 0.2) is 65.7 Å². The molecule has 0 aliphatic heterocycles. The van der Waals surface area contributed by atoms with Crippen molar-refractivity contribution in [3.63, 3.8) is 0 Å². The zero-order valence-electron chi connectivity index (χ0n) is 16.1. The van der Waals surface area contributed by atoms with Gasteiger partial charge in [-0.25, -0.2) is 13.1 Å². The highest BCUT2D eigenvalue weighted by Gasteiger charge is 2.10. The molecular formula is C20H29IN4O2S. The summed E-state index contributed by atoms with van der Waals surface area (Å²) >= 11 is 0. The second-order valence-corrected chi connectivity index (χ2v) is 8.07. The molecule has 0 bridgehead atoms. The summed E-state index contributed by atoms with van der Waals surface area (Å²) in [6.07, 6.45) is 1.96. The van der Waals surface area contributed by atoms with E-state index in [9.17, 15) is 8.42 Å². The molecule has 0 atom stereocenters. The SMILES string of the molecule is CN=C(NCCCc1ccccc1)NCCS(=O)(=O)NCc1ccccc1.I. The Balaban J connectivity index is 0.00000392. The van der Waals surface area contributed by atoms with Crippen LogP contribution in [0.5, 0.6) is 0 Å². The number of halogens is 1. The molecule has 28 heavy (non-hydrogen) atoms. The van der Waals surface area contributed by atoms with E-state index in [1.807, 2.05) is 48.5 Å². The minimum absolute atomic E-state index is 0. The molecule has 0 aliphatic rings. The number of hydrogen-bond acceptors (Lipinski definition) is 3. The van der Waals surface area contributed by atoms with Crippen molar-refractivity contribution in [2.45, 2.75) is 19.4 Å². The molecule has 6 nitrogen and oxygen atoms in total. The van der Waals surface area contributed by atoms with Crippen LogP contribution < -0.4 is 15.4 Å². The van der Waals surface area contributed by atoms with E-state index in [4.69, 9.17) is 0 Å². The number of nitrogens with zero attached hydrogens (tertiary/aromatic N) is 1. The molecule has 0 unspecified atom stereocenters. The van der Waals surface area contributed by atoms with Crippen LogP contribution in [0.1, 0.15) is 17.5 Å². The van der Waals surface area contributed by atoms with Gasteiger partial charge in [-0.05, 0) is 24.0 Å². The Hall–Kier alpha value is -1.65. The quantitative estimate of drug-likeness (QED) is 0.196. The van der Waals surface area contributed by atoms with Crippen LogP contribution in [0.25, 0.3) is 0 Å². The van der Waals surface area contributed by atoms with E-state index >= 15 is 0 Å². The summed E-state index contributed by atoms with van der Waals surface area (Å²) in [7, 11) is -1.66. The lowest BCUT2D eigenvalue weighted by molar-refractivity contribution is 0.580. The number of benzene rings is 2. The van der Waals surface area contributed by atoms with E-state index in [1.54, 1.807) is 7.05 Å². The van der Waals surface area contributed by atoms with Gasteiger partial charge in [0.1, 0.15) is 0 Å². The molecular weight excluding hydrogens is 487 g/mol. The van der Waals surface area contributed by atoms with Crippen molar-refractivity contribution < 1.29 is 8.42 Å².